The van der Waals surface area contributed by atoms with Crippen molar-refractivity contribution in [2.24, 2.45) is 23.2 Å². The smallest absolute Gasteiger partial charge is 0.307 e. The second kappa shape index (κ2) is 18.0. The van der Waals surface area contributed by atoms with Crippen molar-refractivity contribution in [2.45, 2.75) is 123 Å². The van der Waals surface area contributed by atoms with Gasteiger partial charge in [-0.1, -0.05) is 103 Å². The number of rotatable bonds is 17. The van der Waals surface area contributed by atoms with Gasteiger partial charge in [-0.2, -0.15) is 0 Å². The molecule has 1 heterocycles. The Hall–Kier alpha value is -3.46. The highest BCUT2D eigenvalue weighted by Crippen LogP contribution is 2.30. The van der Waals surface area contributed by atoms with E-state index in [0.29, 0.717) is 30.4 Å². The van der Waals surface area contributed by atoms with E-state index in [1.165, 1.54) is 12.7 Å². The van der Waals surface area contributed by atoms with E-state index >= 15 is 0 Å². The third-order valence-corrected chi connectivity index (χ3v) is 8.89. The number of esters is 1. The molecule has 3 rings (SSSR count). The highest BCUT2D eigenvalue weighted by atomic mass is 16.5. The Balaban J connectivity index is 1.84. The summed E-state index contributed by atoms with van der Waals surface area (Å²) >= 11 is 0. The zero-order valence-electron chi connectivity index (χ0n) is 28.5. The van der Waals surface area contributed by atoms with E-state index in [4.69, 9.17) is 4.74 Å². The number of hydrogen-bond acceptors (Lipinski definition) is 6. The van der Waals surface area contributed by atoms with Crippen LogP contribution in [-0.4, -0.2) is 57.1 Å². The van der Waals surface area contributed by atoms with Crippen LogP contribution in [0.3, 0.4) is 0 Å². The number of hydrogen-bond donors (Lipinski definition) is 4. The van der Waals surface area contributed by atoms with Gasteiger partial charge in [0.2, 0.25) is 5.91 Å². The number of aliphatic hydroxyl groups excluding tert-OH is 1. The van der Waals surface area contributed by atoms with Crippen LogP contribution in [0.5, 0.6) is 0 Å². The molecule has 1 fully saturated rings. The van der Waals surface area contributed by atoms with Gasteiger partial charge in [0.15, 0.2) is 6.10 Å². The summed E-state index contributed by atoms with van der Waals surface area (Å²) < 4.78 is 5.75. The summed E-state index contributed by atoms with van der Waals surface area (Å²) in [4.78, 5) is 47.9. The Labute approximate surface area is 275 Å². The molecule has 1 aromatic heterocycles. The molecule has 1 aromatic carbocycles. The largest absolute Gasteiger partial charge is 0.452 e. The number of aliphatic hydroxyl groups is 1. The van der Waals surface area contributed by atoms with Gasteiger partial charge in [0, 0.05) is 24.7 Å². The lowest BCUT2D eigenvalue weighted by Gasteiger charge is -2.33. The minimum absolute atomic E-state index is 0.0998. The Bertz CT molecular complexity index is 1220. The molecule has 254 valence electrons. The molecule has 46 heavy (non-hydrogen) atoms. The van der Waals surface area contributed by atoms with Crippen molar-refractivity contribution < 1.29 is 24.2 Å². The number of carbonyl (C=O) groups excluding carboxylic acids is 3. The number of amides is 2. The van der Waals surface area contributed by atoms with Gasteiger partial charge in [-0.25, -0.2) is 4.98 Å². The molecule has 0 spiro atoms. The van der Waals surface area contributed by atoms with E-state index in [-0.39, 0.29) is 30.6 Å². The van der Waals surface area contributed by atoms with E-state index < -0.39 is 42.1 Å². The number of H-pyrrole nitrogens is 1. The first-order valence-corrected chi connectivity index (χ1v) is 17.0. The molecular formula is C37H56N4O5. The van der Waals surface area contributed by atoms with Crippen LogP contribution in [0.2, 0.25) is 0 Å². The fourth-order valence-electron chi connectivity index (χ4n) is 6.20. The first-order chi connectivity index (χ1) is 21.8. The number of aromatic nitrogens is 2. The number of ether oxygens (including phenoxy) is 1. The Kier molecular flexibility index (Phi) is 14.5. The maximum absolute atomic E-state index is 14.0. The third-order valence-electron chi connectivity index (χ3n) is 8.89. The maximum Gasteiger partial charge on any atom is 0.307 e. The molecule has 4 N–H and O–H groups in total. The van der Waals surface area contributed by atoms with Crippen molar-refractivity contribution in [3.05, 3.63) is 66.8 Å². The quantitative estimate of drug-likeness (QED) is 0.130. The van der Waals surface area contributed by atoms with E-state index in [1.54, 1.807) is 6.20 Å². The van der Waals surface area contributed by atoms with Gasteiger partial charge in [-0.15, -0.1) is 6.58 Å². The molecule has 9 nitrogen and oxygen atoms in total. The average Bonchev–Trinajstić information content (AvgIpc) is 3.52. The molecule has 5 atom stereocenters. The highest BCUT2D eigenvalue weighted by Gasteiger charge is 2.33. The molecule has 1 aliphatic rings. The average molecular weight is 637 g/mol. The summed E-state index contributed by atoms with van der Waals surface area (Å²) in [6.45, 7) is 14.0. The van der Waals surface area contributed by atoms with Gasteiger partial charge in [0.05, 0.1) is 24.9 Å². The second-order valence-corrected chi connectivity index (χ2v) is 14.5. The van der Waals surface area contributed by atoms with Crippen molar-refractivity contribution in [1.82, 2.24) is 20.6 Å². The van der Waals surface area contributed by atoms with Crippen molar-refractivity contribution in [3.8, 4) is 0 Å². The maximum atomic E-state index is 14.0. The lowest BCUT2D eigenvalue weighted by Crippen LogP contribution is -2.56. The third kappa shape index (κ3) is 12.7. The zero-order chi connectivity index (χ0) is 33.7. The predicted molar refractivity (Wildman–Crippen MR) is 181 cm³/mol. The topological polar surface area (TPSA) is 133 Å². The van der Waals surface area contributed by atoms with Crippen LogP contribution < -0.4 is 10.6 Å². The summed E-state index contributed by atoms with van der Waals surface area (Å²) in [5.41, 5.74) is 1.18. The summed E-state index contributed by atoms with van der Waals surface area (Å²) in [6, 6.07) is 7.88. The Morgan fingerprint density at radius 1 is 1.07 bits per heavy atom. The molecule has 0 radical (unpaired) electrons. The first kappa shape index (κ1) is 37.0. The fraction of sp³-hybridized carbons (Fsp3) is 0.622. The number of imidazole rings is 1. The van der Waals surface area contributed by atoms with Crippen LogP contribution >= 0.6 is 0 Å². The Morgan fingerprint density at radius 3 is 2.35 bits per heavy atom. The van der Waals surface area contributed by atoms with Crippen molar-refractivity contribution in [3.63, 3.8) is 0 Å². The molecule has 2 amide bonds. The minimum atomic E-state index is -1.13. The molecule has 0 bridgehead atoms. The molecule has 2 aromatic rings. The van der Waals surface area contributed by atoms with E-state index in [2.05, 4.69) is 41.0 Å². The van der Waals surface area contributed by atoms with E-state index in [0.717, 1.165) is 31.2 Å². The SMILES string of the molecule is C=C[C@@H](C[C@H](O)[C@H](CC1CCCCC1)NC(=O)[C@H](Cc1cnc[nH]1)NC(=O)[C@H](Cc1ccccc1)OC(=O)CC(C)(C)C)C(C)C. The predicted octanol–water partition coefficient (Wildman–Crippen LogP) is 5.69. The summed E-state index contributed by atoms with van der Waals surface area (Å²) in [5.74, 6) is -0.622. The minimum Gasteiger partial charge on any atom is -0.452 e. The number of nitrogens with zero attached hydrogens (tertiary/aromatic N) is 1. The molecular weight excluding hydrogens is 580 g/mol. The standard InChI is InChI=1S/C37H56N4O5/c1-7-28(25(2)3)20-32(42)30(18-26-14-10-8-11-15-26)40-35(44)31(21-29-23-38-24-39-29)41-36(45)33(19-27-16-12-9-13-17-27)46-34(43)22-37(4,5)6/h7,9,12-13,16-17,23-26,28,30-33,42H,1,8,10-11,14-15,18-22H2,2-6H3,(H,38,39)(H,40,44)(H,41,45)/t28-,30-,31-,32-,33-/m0/s1. The molecule has 0 saturated heterocycles. The van der Waals surface area contributed by atoms with Gasteiger partial charge < -0.3 is 25.5 Å². The van der Waals surface area contributed by atoms with Gasteiger partial charge in [0.1, 0.15) is 6.04 Å². The van der Waals surface area contributed by atoms with Crippen LogP contribution in [-0.2, 0) is 32.0 Å². The van der Waals surface area contributed by atoms with Crippen LogP contribution in [0, 0.1) is 23.2 Å². The molecule has 9 heteroatoms. The van der Waals surface area contributed by atoms with E-state index in [1.807, 2.05) is 57.2 Å². The zero-order valence-corrected chi connectivity index (χ0v) is 28.5. The number of allylic oxidation sites excluding steroid dienone is 1. The molecule has 1 aliphatic carbocycles. The van der Waals surface area contributed by atoms with E-state index in [9.17, 15) is 19.5 Å². The van der Waals surface area contributed by atoms with Gasteiger partial charge >= 0.3 is 5.97 Å². The highest BCUT2D eigenvalue weighted by molar-refractivity contribution is 5.90. The van der Waals surface area contributed by atoms with Crippen molar-refractivity contribution >= 4 is 17.8 Å². The summed E-state index contributed by atoms with van der Waals surface area (Å²) in [7, 11) is 0. The van der Waals surface area contributed by atoms with Crippen LogP contribution in [0.15, 0.2) is 55.5 Å². The number of nitrogens with one attached hydrogen (secondary N) is 3. The normalized spacial score (nSPS) is 17.4. The molecule has 0 aliphatic heterocycles. The number of benzene rings is 1. The van der Waals surface area contributed by atoms with Crippen molar-refractivity contribution in [2.75, 3.05) is 0 Å². The van der Waals surface area contributed by atoms with Crippen LogP contribution in [0.25, 0.3) is 0 Å². The Morgan fingerprint density at radius 2 is 1.76 bits per heavy atom. The van der Waals surface area contributed by atoms with Gasteiger partial charge in [-0.05, 0) is 41.6 Å². The van der Waals surface area contributed by atoms with Crippen LogP contribution in [0.4, 0.5) is 0 Å². The lowest BCUT2D eigenvalue weighted by atomic mass is 9.81. The second-order valence-electron chi connectivity index (χ2n) is 14.5. The van der Waals surface area contributed by atoms with Crippen molar-refractivity contribution in [1.29, 1.82) is 0 Å². The molecule has 0 unspecified atom stereocenters. The monoisotopic (exact) mass is 636 g/mol. The fourth-order valence-corrected chi connectivity index (χ4v) is 6.20. The summed E-state index contributed by atoms with van der Waals surface area (Å²) in [6.07, 6.45) is 10.4. The summed E-state index contributed by atoms with van der Waals surface area (Å²) in [5, 5.41) is 17.5. The lowest BCUT2D eigenvalue weighted by molar-refractivity contribution is -0.158. The van der Waals surface area contributed by atoms with Crippen LogP contribution in [0.1, 0.15) is 97.2 Å². The van der Waals surface area contributed by atoms with Gasteiger partial charge in [0.25, 0.3) is 5.91 Å². The van der Waals surface area contributed by atoms with Gasteiger partial charge in [-0.3, -0.25) is 14.4 Å². The molecule has 1 saturated carbocycles. The number of carbonyl (C=O) groups is 3. The number of aromatic amines is 1. The first-order valence-electron chi connectivity index (χ1n) is 17.0.